The second kappa shape index (κ2) is 5.36. The molecule has 4 heteroatoms. The lowest BCUT2D eigenvalue weighted by molar-refractivity contribution is 0.782. The van der Waals surface area contributed by atoms with Gasteiger partial charge in [0.1, 0.15) is 0 Å². The van der Waals surface area contributed by atoms with Gasteiger partial charge in [0, 0.05) is 22.7 Å². The first-order valence-corrected chi connectivity index (χ1v) is 7.98. The van der Waals surface area contributed by atoms with E-state index in [1.165, 1.54) is 11.1 Å². The highest BCUT2D eigenvalue weighted by Gasteiger charge is 2.27. The minimum Gasteiger partial charge on any atom is -0.368 e. The SMILES string of the molecule is Cc1cc([C@@H]2Cc3cnc(N)nc3-c3ccccc32)ccc1Cl. The number of nitrogens with two attached hydrogens (primary N) is 1. The van der Waals surface area contributed by atoms with Gasteiger partial charge >= 0.3 is 0 Å². The Morgan fingerprint density at radius 3 is 2.83 bits per heavy atom. The number of nitrogen functional groups attached to an aromatic ring is 1. The Bertz CT molecular complexity index is 905. The van der Waals surface area contributed by atoms with E-state index < -0.39 is 0 Å². The van der Waals surface area contributed by atoms with E-state index in [0.29, 0.717) is 5.95 Å². The molecular weight excluding hydrogens is 306 g/mol. The maximum absolute atomic E-state index is 6.18. The van der Waals surface area contributed by atoms with E-state index in [9.17, 15) is 0 Å². The summed E-state index contributed by atoms with van der Waals surface area (Å²) in [5.74, 6) is 0.598. The summed E-state index contributed by atoms with van der Waals surface area (Å²) >= 11 is 6.18. The fourth-order valence-corrected chi connectivity index (χ4v) is 3.45. The van der Waals surface area contributed by atoms with Crippen molar-refractivity contribution < 1.29 is 0 Å². The van der Waals surface area contributed by atoms with Crippen LogP contribution in [0.4, 0.5) is 5.95 Å². The number of aryl methyl sites for hydroxylation is 1. The molecule has 0 fully saturated rings. The summed E-state index contributed by atoms with van der Waals surface area (Å²) in [5.41, 5.74) is 12.7. The van der Waals surface area contributed by atoms with Crippen molar-refractivity contribution >= 4 is 17.5 Å². The lowest BCUT2D eigenvalue weighted by atomic mass is 9.77. The molecule has 0 saturated heterocycles. The van der Waals surface area contributed by atoms with Crippen LogP contribution in [-0.2, 0) is 6.42 Å². The fourth-order valence-electron chi connectivity index (χ4n) is 3.33. The second-order valence-electron chi connectivity index (χ2n) is 5.95. The smallest absolute Gasteiger partial charge is 0.220 e. The Morgan fingerprint density at radius 1 is 1.17 bits per heavy atom. The van der Waals surface area contributed by atoms with Crippen LogP contribution in [0.15, 0.2) is 48.7 Å². The lowest BCUT2D eigenvalue weighted by Gasteiger charge is -2.27. The van der Waals surface area contributed by atoms with Crippen LogP contribution in [-0.4, -0.2) is 9.97 Å². The number of rotatable bonds is 1. The number of nitrogens with zero attached hydrogens (tertiary/aromatic N) is 2. The van der Waals surface area contributed by atoms with E-state index in [1.807, 2.05) is 25.3 Å². The van der Waals surface area contributed by atoms with Crippen molar-refractivity contribution in [1.82, 2.24) is 9.97 Å². The molecule has 1 aliphatic carbocycles. The summed E-state index contributed by atoms with van der Waals surface area (Å²) in [4.78, 5) is 8.63. The van der Waals surface area contributed by atoms with Crippen LogP contribution in [0.5, 0.6) is 0 Å². The predicted molar refractivity (Wildman–Crippen MR) is 93.6 cm³/mol. The average molecular weight is 322 g/mol. The first-order chi connectivity index (χ1) is 11.1. The van der Waals surface area contributed by atoms with E-state index >= 15 is 0 Å². The van der Waals surface area contributed by atoms with Crippen molar-refractivity contribution in [3.05, 3.63) is 75.9 Å². The summed E-state index contributed by atoms with van der Waals surface area (Å²) in [6.45, 7) is 2.04. The van der Waals surface area contributed by atoms with E-state index in [0.717, 1.165) is 33.8 Å². The maximum atomic E-state index is 6.18. The van der Waals surface area contributed by atoms with Gasteiger partial charge in [0.15, 0.2) is 0 Å². The van der Waals surface area contributed by atoms with Gasteiger partial charge in [0.25, 0.3) is 0 Å². The van der Waals surface area contributed by atoms with Gasteiger partial charge in [-0.15, -0.1) is 0 Å². The topological polar surface area (TPSA) is 51.8 Å². The molecule has 1 aliphatic rings. The molecular formula is C19H16ClN3. The van der Waals surface area contributed by atoms with Crippen LogP contribution < -0.4 is 5.73 Å². The normalized spacial score (nSPS) is 15.8. The lowest BCUT2D eigenvalue weighted by Crippen LogP contribution is -2.15. The van der Waals surface area contributed by atoms with Gasteiger partial charge in [-0.25, -0.2) is 9.97 Å². The molecule has 3 nitrogen and oxygen atoms in total. The molecule has 3 aromatic rings. The molecule has 0 amide bonds. The third-order valence-electron chi connectivity index (χ3n) is 4.48. The van der Waals surface area contributed by atoms with Crippen molar-refractivity contribution in [2.45, 2.75) is 19.3 Å². The minimum atomic E-state index is 0.280. The zero-order valence-corrected chi connectivity index (χ0v) is 13.5. The van der Waals surface area contributed by atoms with Crippen LogP contribution in [0, 0.1) is 6.92 Å². The van der Waals surface area contributed by atoms with Crippen molar-refractivity contribution in [2.24, 2.45) is 0 Å². The zero-order chi connectivity index (χ0) is 16.0. The molecule has 0 bridgehead atoms. The largest absolute Gasteiger partial charge is 0.368 e. The number of hydrogen-bond donors (Lipinski definition) is 1. The molecule has 4 rings (SSSR count). The van der Waals surface area contributed by atoms with Crippen molar-refractivity contribution in [3.8, 4) is 11.3 Å². The molecule has 1 aromatic heterocycles. The summed E-state index contributed by atoms with van der Waals surface area (Å²) in [5, 5.41) is 0.800. The number of aromatic nitrogens is 2. The average Bonchev–Trinajstić information content (AvgIpc) is 2.57. The Morgan fingerprint density at radius 2 is 2.00 bits per heavy atom. The Hall–Kier alpha value is -2.39. The number of anilines is 1. The Kier molecular flexibility index (Phi) is 3.31. The molecule has 0 radical (unpaired) electrons. The van der Waals surface area contributed by atoms with Gasteiger partial charge in [-0.2, -0.15) is 0 Å². The van der Waals surface area contributed by atoms with Gasteiger partial charge in [-0.3, -0.25) is 0 Å². The highest BCUT2D eigenvalue weighted by Crippen LogP contribution is 2.42. The first kappa shape index (κ1) is 14.2. The Labute approximate surface area is 140 Å². The summed E-state index contributed by atoms with van der Waals surface area (Å²) in [6.07, 6.45) is 2.72. The zero-order valence-electron chi connectivity index (χ0n) is 12.8. The van der Waals surface area contributed by atoms with E-state index in [1.54, 1.807) is 0 Å². The Balaban J connectivity index is 1.90. The van der Waals surface area contributed by atoms with Crippen LogP contribution in [0.1, 0.15) is 28.2 Å². The van der Waals surface area contributed by atoms with Crippen molar-refractivity contribution in [1.29, 1.82) is 0 Å². The minimum absolute atomic E-state index is 0.280. The quantitative estimate of drug-likeness (QED) is 0.723. The second-order valence-corrected chi connectivity index (χ2v) is 6.36. The predicted octanol–water partition coefficient (Wildman–Crippen LogP) is 4.38. The van der Waals surface area contributed by atoms with Crippen molar-refractivity contribution in [2.75, 3.05) is 5.73 Å². The number of benzene rings is 2. The number of halogens is 1. The molecule has 2 aromatic carbocycles. The van der Waals surface area contributed by atoms with Gasteiger partial charge in [0.2, 0.25) is 5.95 Å². The molecule has 0 saturated carbocycles. The fraction of sp³-hybridized carbons (Fsp3) is 0.158. The monoisotopic (exact) mass is 321 g/mol. The summed E-state index contributed by atoms with van der Waals surface area (Å²) < 4.78 is 0. The van der Waals surface area contributed by atoms with E-state index in [-0.39, 0.29) is 5.92 Å². The molecule has 0 unspecified atom stereocenters. The van der Waals surface area contributed by atoms with Gasteiger partial charge in [-0.05, 0) is 41.7 Å². The molecule has 2 N–H and O–H groups in total. The molecule has 114 valence electrons. The van der Waals surface area contributed by atoms with Crippen LogP contribution in [0.3, 0.4) is 0 Å². The summed E-state index contributed by atoms with van der Waals surface area (Å²) in [6, 6.07) is 14.7. The number of fused-ring (bicyclic) bond motifs is 3. The van der Waals surface area contributed by atoms with Crippen LogP contribution >= 0.6 is 11.6 Å². The molecule has 0 aliphatic heterocycles. The molecule has 23 heavy (non-hydrogen) atoms. The number of hydrogen-bond acceptors (Lipinski definition) is 3. The van der Waals surface area contributed by atoms with E-state index in [4.69, 9.17) is 17.3 Å². The highest BCUT2D eigenvalue weighted by atomic mass is 35.5. The first-order valence-electron chi connectivity index (χ1n) is 7.60. The van der Waals surface area contributed by atoms with Gasteiger partial charge < -0.3 is 5.73 Å². The van der Waals surface area contributed by atoms with Gasteiger partial charge in [-0.1, -0.05) is 48.0 Å². The molecule has 1 heterocycles. The highest BCUT2D eigenvalue weighted by molar-refractivity contribution is 6.31. The third kappa shape index (κ3) is 2.37. The standard InChI is InChI=1S/C19H16ClN3/c1-11-8-12(6-7-17(11)20)16-9-13-10-22-19(21)23-18(13)15-5-3-2-4-14(15)16/h2-8,10,16H,9H2,1H3,(H2,21,22,23)/t16-/m0/s1. The van der Waals surface area contributed by atoms with Gasteiger partial charge in [0.05, 0.1) is 5.69 Å². The van der Waals surface area contributed by atoms with Crippen LogP contribution in [0.2, 0.25) is 5.02 Å². The van der Waals surface area contributed by atoms with E-state index in [2.05, 4.69) is 40.3 Å². The van der Waals surface area contributed by atoms with Crippen LogP contribution in [0.25, 0.3) is 11.3 Å². The molecule has 1 atom stereocenters. The van der Waals surface area contributed by atoms with Crippen molar-refractivity contribution in [3.63, 3.8) is 0 Å². The third-order valence-corrected chi connectivity index (χ3v) is 4.91. The maximum Gasteiger partial charge on any atom is 0.220 e. The molecule has 0 spiro atoms. The summed E-state index contributed by atoms with van der Waals surface area (Å²) in [7, 11) is 0.